The number of nitrogens with zero attached hydrogens (tertiary/aromatic N) is 1. The second-order valence-corrected chi connectivity index (χ2v) is 7.19. The zero-order valence-corrected chi connectivity index (χ0v) is 15.6. The molecular weight excluding hydrogens is 393 g/mol. The molecule has 0 atom stereocenters. The normalized spacial score (nSPS) is 12.0. The summed E-state index contributed by atoms with van der Waals surface area (Å²) in [7, 11) is 0. The highest BCUT2D eigenvalue weighted by Gasteiger charge is 2.19. The number of halogens is 2. The minimum absolute atomic E-state index is 0.214. The van der Waals surface area contributed by atoms with Crippen LogP contribution in [0.2, 0.25) is 10.0 Å². The fourth-order valence-electron chi connectivity index (χ4n) is 2.61. The highest BCUT2D eigenvalue weighted by atomic mass is 35.5. The Morgan fingerprint density at radius 1 is 1.08 bits per heavy atom. The van der Waals surface area contributed by atoms with Crippen LogP contribution in [0.3, 0.4) is 0 Å². The summed E-state index contributed by atoms with van der Waals surface area (Å²) < 4.78 is 16.6. The molecule has 0 saturated carbocycles. The minimum Gasteiger partial charge on any atom is -0.478 e. The van der Waals surface area contributed by atoms with Crippen molar-refractivity contribution in [3.63, 3.8) is 0 Å². The molecule has 4 nitrogen and oxygen atoms in total. The second kappa shape index (κ2) is 7.08. The SMILES string of the molecule is N#Cc1c(-c2ccc3c(c2)OCO3)csc1OCc1ccc(Cl)c(Cl)c1. The van der Waals surface area contributed by atoms with Gasteiger partial charge >= 0.3 is 0 Å². The molecule has 0 radical (unpaired) electrons. The average Bonchev–Trinajstić information content (AvgIpc) is 3.28. The largest absolute Gasteiger partial charge is 0.478 e. The van der Waals surface area contributed by atoms with Crippen molar-refractivity contribution in [2.24, 2.45) is 0 Å². The van der Waals surface area contributed by atoms with Gasteiger partial charge in [-0.05, 0) is 35.4 Å². The molecule has 4 rings (SSSR count). The Morgan fingerprint density at radius 2 is 1.92 bits per heavy atom. The Labute approximate surface area is 164 Å². The molecule has 1 aliphatic heterocycles. The van der Waals surface area contributed by atoms with Gasteiger partial charge in [0.1, 0.15) is 18.2 Å². The van der Waals surface area contributed by atoms with Crippen molar-refractivity contribution in [2.75, 3.05) is 6.79 Å². The number of benzene rings is 2. The monoisotopic (exact) mass is 403 g/mol. The van der Waals surface area contributed by atoms with Gasteiger partial charge in [0.25, 0.3) is 0 Å². The van der Waals surface area contributed by atoms with Crippen LogP contribution in [0.1, 0.15) is 11.1 Å². The lowest BCUT2D eigenvalue weighted by molar-refractivity contribution is 0.174. The van der Waals surface area contributed by atoms with E-state index in [0.29, 0.717) is 38.8 Å². The first kappa shape index (κ1) is 17.0. The van der Waals surface area contributed by atoms with Gasteiger partial charge < -0.3 is 14.2 Å². The third kappa shape index (κ3) is 3.19. The van der Waals surface area contributed by atoms with Crippen molar-refractivity contribution < 1.29 is 14.2 Å². The molecule has 130 valence electrons. The molecule has 0 spiro atoms. The van der Waals surface area contributed by atoms with Gasteiger partial charge in [-0.1, -0.05) is 35.3 Å². The predicted octanol–water partition coefficient (Wildman–Crippen LogP) is 5.90. The number of hydrogen-bond acceptors (Lipinski definition) is 5. The van der Waals surface area contributed by atoms with Gasteiger partial charge in [-0.3, -0.25) is 0 Å². The highest BCUT2D eigenvalue weighted by molar-refractivity contribution is 7.12. The molecule has 0 unspecified atom stereocenters. The molecule has 0 amide bonds. The van der Waals surface area contributed by atoms with E-state index >= 15 is 0 Å². The van der Waals surface area contributed by atoms with E-state index in [0.717, 1.165) is 16.7 Å². The molecule has 0 fully saturated rings. The van der Waals surface area contributed by atoms with E-state index in [4.69, 9.17) is 37.4 Å². The topological polar surface area (TPSA) is 51.5 Å². The third-order valence-corrected chi connectivity index (χ3v) is 5.54. The summed E-state index contributed by atoms with van der Waals surface area (Å²) in [5.74, 6) is 1.38. The van der Waals surface area contributed by atoms with E-state index in [2.05, 4.69) is 6.07 Å². The van der Waals surface area contributed by atoms with Crippen LogP contribution in [0.4, 0.5) is 0 Å². The lowest BCUT2D eigenvalue weighted by Crippen LogP contribution is -1.95. The van der Waals surface area contributed by atoms with Gasteiger partial charge in [0.05, 0.1) is 10.0 Å². The molecule has 1 aromatic heterocycles. The highest BCUT2D eigenvalue weighted by Crippen LogP contribution is 2.41. The number of nitriles is 1. The van der Waals surface area contributed by atoms with Gasteiger partial charge in [0, 0.05) is 10.9 Å². The molecule has 0 N–H and O–H groups in total. The van der Waals surface area contributed by atoms with Crippen LogP contribution >= 0.6 is 34.5 Å². The maximum atomic E-state index is 9.60. The first-order valence-electron chi connectivity index (χ1n) is 7.64. The second-order valence-electron chi connectivity index (χ2n) is 5.53. The average molecular weight is 404 g/mol. The lowest BCUT2D eigenvalue weighted by atomic mass is 10.0. The van der Waals surface area contributed by atoms with Gasteiger partial charge in [0.2, 0.25) is 6.79 Å². The van der Waals surface area contributed by atoms with Gasteiger partial charge in [-0.25, -0.2) is 0 Å². The summed E-state index contributed by atoms with van der Waals surface area (Å²) in [5.41, 5.74) is 3.06. The Bertz CT molecular complexity index is 1030. The van der Waals surface area contributed by atoms with Gasteiger partial charge in [-0.15, -0.1) is 11.3 Å². The fourth-order valence-corrected chi connectivity index (χ4v) is 3.81. The van der Waals surface area contributed by atoms with E-state index in [9.17, 15) is 5.26 Å². The zero-order valence-electron chi connectivity index (χ0n) is 13.3. The van der Waals surface area contributed by atoms with E-state index in [1.165, 1.54) is 11.3 Å². The number of thiophene rings is 1. The zero-order chi connectivity index (χ0) is 18.1. The third-order valence-electron chi connectivity index (χ3n) is 3.91. The van der Waals surface area contributed by atoms with E-state index < -0.39 is 0 Å². The van der Waals surface area contributed by atoms with Crippen LogP contribution in [0.15, 0.2) is 41.8 Å². The Balaban J connectivity index is 1.59. The van der Waals surface area contributed by atoms with Crippen LogP contribution in [0.25, 0.3) is 11.1 Å². The molecule has 0 saturated heterocycles. The lowest BCUT2D eigenvalue weighted by Gasteiger charge is -2.06. The molecule has 26 heavy (non-hydrogen) atoms. The number of rotatable bonds is 4. The quantitative estimate of drug-likeness (QED) is 0.543. The van der Waals surface area contributed by atoms with Crippen LogP contribution in [-0.2, 0) is 6.61 Å². The Hall–Kier alpha value is -2.39. The standard InChI is InChI=1S/C19H11Cl2NO3S/c20-15-3-1-11(5-16(15)21)8-23-19-13(7-22)14(9-26-19)12-2-4-17-18(6-12)25-10-24-17/h1-6,9H,8,10H2. The van der Waals surface area contributed by atoms with E-state index in [-0.39, 0.29) is 6.79 Å². The van der Waals surface area contributed by atoms with Crippen molar-refractivity contribution in [3.05, 3.63) is 63.0 Å². The molecule has 2 aromatic carbocycles. The smallest absolute Gasteiger partial charge is 0.231 e. The van der Waals surface area contributed by atoms with Gasteiger partial charge in [0.15, 0.2) is 16.6 Å². The molecule has 2 heterocycles. The maximum Gasteiger partial charge on any atom is 0.231 e. The number of hydrogen-bond donors (Lipinski definition) is 0. The summed E-state index contributed by atoms with van der Waals surface area (Å²) in [4.78, 5) is 0. The molecule has 7 heteroatoms. The summed E-state index contributed by atoms with van der Waals surface area (Å²) in [5, 5.41) is 13.0. The summed E-state index contributed by atoms with van der Waals surface area (Å²) in [6.45, 7) is 0.512. The molecule has 1 aliphatic rings. The number of ether oxygens (including phenoxy) is 3. The fraction of sp³-hybridized carbons (Fsp3) is 0.105. The molecular formula is C19H11Cl2NO3S. The van der Waals surface area contributed by atoms with Crippen molar-refractivity contribution in [2.45, 2.75) is 6.61 Å². The minimum atomic E-state index is 0.214. The van der Waals surface area contributed by atoms with Crippen LogP contribution < -0.4 is 14.2 Å². The Kier molecular flexibility index (Phi) is 4.64. The summed E-state index contributed by atoms with van der Waals surface area (Å²) in [6.07, 6.45) is 0. The van der Waals surface area contributed by atoms with Crippen LogP contribution in [0, 0.1) is 11.3 Å². The predicted molar refractivity (Wildman–Crippen MR) is 101 cm³/mol. The van der Waals surface area contributed by atoms with Crippen molar-refractivity contribution in [1.29, 1.82) is 5.26 Å². The summed E-state index contributed by atoms with van der Waals surface area (Å²) in [6, 6.07) is 13.2. The molecule has 3 aromatic rings. The molecule has 0 bridgehead atoms. The van der Waals surface area contributed by atoms with E-state index in [1.54, 1.807) is 12.1 Å². The van der Waals surface area contributed by atoms with Gasteiger partial charge in [-0.2, -0.15) is 5.26 Å². The first-order valence-corrected chi connectivity index (χ1v) is 9.27. The first-order chi connectivity index (χ1) is 12.7. The van der Waals surface area contributed by atoms with Crippen molar-refractivity contribution in [1.82, 2.24) is 0 Å². The van der Waals surface area contributed by atoms with Crippen molar-refractivity contribution in [3.8, 4) is 33.8 Å². The van der Waals surface area contributed by atoms with E-state index in [1.807, 2.05) is 29.6 Å². The number of fused-ring (bicyclic) bond motifs is 1. The summed E-state index contributed by atoms with van der Waals surface area (Å²) >= 11 is 13.3. The van der Waals surface area contributed by atoms with Crippen LogP contribution in [-0.4, -0.2) is 6.79 Å². The maximum absolute atomic E-state index is 9.60. The Morgan fingerprint density at radius 3 is 2.73 bits per heavy atom. The molecule has 0 aliphatic carbocycles. The van der Waals surface area contributed by atoms with Crippen LogP contribution in [0.5, 0.6) is 16.6 Å². The van der Waals surface area contributed by atoms with Crippen molar-refractivity contribution >= 4 is 34.5 Å².